The van der Waals surface area contributed by atoms with Crippen molar-refractivity contribution in [3.8, 4) is 0 Å². The number of aromatic nitrogens is 3. The van der Waals surface area contributed by atoms with Crippen molar-refractivity contribution in [3.05, 3.63) is 28.7 Å². The molecule has 3 aliphatic rings. The minimum Gasteiger partial charge on any atom is -0.375 e. The van der Waals surface area contributed by atoms with Gasteiger partial charge in [-0.1, -0.05) is 10.3 Å². The first-order chi connectivity index (χ1) is 13.0. The molecule has 0 aliphatic carbocycles. The van der Waals surface area contributed by atoms with E-state index in [0.29, 0.717) is 31.4 Å². The molecule has 9 heteroatoms. The lowest BCUT2D eigenvalue weighted by Gasteiger charge is -2.36. The summed E-state index contributed by atoms with van der Waals surface area (Å²) >= 11 is 0. The first kappa shape index (κ1) is 18.1. The van der Waals surface area contributed by atoms with E-state index in [9.17, 15) is 4.79 Å². The Labute approximate surface area is 157 Å². The van der Waals surface area contributed by atoms with Gasteiger partial charge in [-0.05, 0) is 26.7 Å². The average Bonchev–Trinajstić information content (AvgIpc) is 3.09. The summed E-state index contributed by atoms with van der Waals surface area (Å²) in [5.41, 5.74) is 1.87. The van der Waals surface area contributed by atoms with Crippen LogP contribution in [0.3, 0.4) is 0 Å². The minimum absolute atomic E-state index is 0.00886. The van der Waals surface area contributed by atoms with Gasteiger partial charge in [0.25, 0.3) is 5.89 Å². The van der Waals surface area contributed by atoms with Gasteiger partial charge in [0.15, 0.2) is 5.82 Å². The molecule has 3 saturated heterocycles. The van der Waals surface area contributed by atoms with Gasteiger partial charge < -0.3 is 18.7 Å². The molecular weight excluding hydrogens is 350 g/mol. The lowest BCUT2D eigenvalue weighted by atomic mass is 9.93. The zero-order valence-electron chi connectivity index (χ0n) is 16.0. The molecule has 2 atom stereocenters. The van der Waals surface area contributed by atoms with Crippen LogP contribution in [-0.2, 0) is 29.2 Å². The Bertz CT molecular complexity index is 797. The lowest BCUT2D eigenvalue weighted by molar-refractivity contribution is -0.140. The molecule has 3 fully saturated rings. The van der Waals surface area contributed by atoms with Crippen LogP contribution in [-0.4, -0.2) is 57.2 Å². The molecule has 0 spiro atoms. The number of rotatable bonds is 6. The Morgan fingerprint density at radius 1 is 1.15 bits per heavy atom. The van der Waals surface area contributed by atoms with Crippen LogP contribution in [0.15, 0.2) is 9.05 Å². The van der Waals surface area contributed by atoms with Crippen molar-refractivity contribution in [2.75, 3.05) is 20.2 Å². The molecule has 3 aliphatic heterocycles. The van der Waals surface area contributed by atoms with Gasteiger partial charge in [0.1, 0.15) is 12.4 Å². The number of hydrogen-bond donors (Lipinski definition) is 0. The molecule has 27 heavy (non-hydrogen) atoms. The van der Waals surface area contributed by atoms with Gasteiger partial charge in [0.2, 0.25) is 5.91 Å². The van der Waals surface area contributed by atoms with Gasteiger partial charge in [-0.2, -0.15) is 4.98 Å². The number of piperidine rings is 1. The summed E-state index contributed by atoms with van der Waals surface area (Å²) < 4.78 is 15.5. The van der Waals surface area contributed by atoms with E-state index in [1.807, 2.05) is 18.7 Å². The lowest BCUT2D eigenvalue weighted by Crippen LogP contribution is -2.47. The molecule has 0 aromatic carbocycles. The SMILES string of the molecule is COCc1nc(CN2C[C@@H]3CC[C@H](C2)N(Cc2c(C)noc2C)C3=O)no1. The largest absolute Gasteiger partial charge is 0.375 e. The molecule has 5 heterocycles. The second-order valence-corrected chi connectivity index (χ2v) is 7.43. The molecule has 0 N–H and O–H groups in total. The highest BCUT2D eigenvalue weighted by molar-refractivity contribution is 5.80. The van der Waals surface area contributed by atoms with Crippen molar-refractivity contribution in [2.45, 2.75) is 52.4 Å². The number of nitrogens with zero attached hydrogens (tertiary/aromatic N) is 5. The van der Waals surface area contributed by atoms with E-state index in [-0.39, 0.29) is 17.9 Å². The monoisotopic (exact) mass is 375 g/mol. The van der Waals surface area contributed by atoms with E-state index < -0.39 is 0 Å². The van der Waals surface area contributed by atoms with E-state index in [1.165, 1.54) is 0 Å². The van der Waals surface area contributed by atoms with E-state index in [2.05, 4.69) is 20.2 Å². The van der Waals surface area contributed by atoms with E-state index in [0.717, 1.165) is 42.9 Å². The summed E-state index contributed by atoms with van der Waals surface area (Å²) in [6, 6.07) is 0.176. The van der Waals surface area contributed by atoms with Crippen LogP contribution in [0, 0.1) is 19.8 Å². The molecule has 9 nitrogen and oxygen atoms in total. The summed E-state index contributed by atoms with van der Waals surface area (Å²) in [5, 5.41) is 8.04. The van der Waals surface area contributed by atoms with E-state index in [4.69, 9.17) is 13.8 Å². The van der Waals surface area contributed by atoms with Gasteiger partial charge in [0, 0.05) is 31.8 Å². The third-order valence-electron chi connectivity index (χ3n) is 5.52. The number of ether oxygens (including phenoxy) is 1. The molecule has 2 aromatic heterocycles. The fraction of sp³-hybridized carbons (Fsp3) is 0.667. The van der Waals surface area contributed by atoms with Crippen molar-refractivity contribution in [1.29, 1.82) is 0 Å². The number of hydrogen-bond acceptors (Lipinski definition) is 8. The third-order valence-corrected chi connectivity index (χ3v) is 5.52. The number of carbonyl (C=O) groups excluding carboxylic acids is 1. The maximum absolute atomic E-state index is 13.0. The summed E-state index contributed by atoms with van der Waals surface area (Å²) in [4.78, 5) is 21.6. The summed E-state index contributed by atoms with van der Waals surface area (Å²) in [6.07, 6.45) is 1.94. The van der Waals surface area contributed by atoms with Crippen LogP contribution in [0.1, 0.15) is 41.6 Å². The number of amides is 1. The average molecular weight is 375 g/mol. The molecule has 2 bridgehead atoms. The maximum Gasteiger partial charge on any atom is 0.252 e. The molecule has 0 radical (unpaired) electrons. The quantitative estimate of drug-likeness (QED) is 0.748. The molecule has 5 rings (SSSR count). The first-order valence-corrected chi connectivity index (χ1v) is 9.30. The highest BCUT2D eigenvalue weighted by atomic mass is 16.5. The Morgan fingerprint density at radius 2 is 2.00 bits per heavy atom. The summed E-state index contributed by atoms with van der Waals surface area (Å²) in [5.74, 6) is 2.13. The van der Waals surface area contributed by atoms with Crippen LogP contribution >= 0.6 is 0 Å². The Hall–Kier alpha value is -2.26. The van der Waals surface area contributed by atoms with Crippen molar-refractivity contribution in [1.82, 2.24) is 25.1 Å². The Kier molecular flexibility index (Phi) is 4.96. The topological polar surface area (TPSA) is 97.7 Å². The molecule has 146 valence electrons. The van der Waals surface area contributed by atoms with Gasteiger partial charge in [-0.25, -0.2) is 0 Å². The molecule has 2 aromatic rings. The molecule has 0 saturated carbocycles. The zero-order valence-corrected chi connectivity index (χ0v) is 16.0. The molecular formula is C18H25N5O4. The van der Waals surface area contributed by atoms with Crippen molar-refractivity contribution in [2.24, 2.45) is 5.92 Å². The fourth-order valence-corrected chi connectivity index (χ4v) is 4.10. The van der Waals surface area contributed by atoms with Gasteiger partial charge in [-0.3, -0.25) is 9.69 Å². The smallest absolute Gasteiger partial charge is 0.252 e. The number of methoxy groups -OCH3 is 1. The van der Waals surface area contributed by atoms with Crippen LogP contribution in [0.25, 0.3) is 0 Å². The van der Waals surface area contributed by atoms with Crippen molar-refractivity contribution >= 4 is 5.91 Å². The summed E-state index contributed by atoms with van der Waals surface area (Å²) in [6.45, 7) is 6.80. The van der Waals surface area contributed by atoms with Gasteiger partial charge >= 0.3 is 0 Å². The number of fused-ring (bicyclic) bond motifs is 4. The maximum atomic E-state index is 13.0. The fourth-order valence-electron chi connectivity index (χ4n) is 4.10. The van der Waals surface area contributed by atoms with Crippen molar-refractivity contribution < 1.29 is 18.6 Å². The van der Waals surface area contributed by atoms with Crippen LogP contribution in [0.2, 0.25) is 0 Å². The van der Waals surface area contributed by atoms with Gasteiger partial charge in [0.05, 0.1) is 24.7 Å². The molecule has 0 unspecified atom stereocenters. The first-order valence-electron chi connectivity index (χ1n) is 9.30. The van der Waals surface area contributed by atoms with E-state index >= 15 is 0 Å². The summed E-state index contributed by atoms with van der Waals surface area (Å²) in [7, 11) is 1.59. The standard InChI is InChI=1S/C18H25N5O4/c1-11-15(12(2)26-20-11)8-23-14-5-4-13(18(23)24)6-22(7-14)9-16-19-17(10-25-3)27-21-16/h13-14H,4-10H2,1-3H3/t13-,14+/m0/s1. The minimum atomic E-state index is 0.00886. The Morgan fingerprint density at radius 3 is 2.74 bits per heavy atom. The Balaban J connectivity index is 1.48. The highest BCUT2D eigenvalue weighted by Crippen LogP contribution is 2.31. The van der Waals surface area contributed by atoms with Crippen molar-refractivity contribution in [3.63, 3.8) is 0 Å². The predicted octanol–water partition coefficient (Wildman–Crippen LogP) is 1.44. The van der Waals surface area contributed by atoms with Crippen LogP contribution < -0.4 is 0 Å². The predicted molar refractivity (Wildman–Crippen MR) is 93.3 cm³/mol. The van der Waals surface area contributed by atoms with Crippen LogP contribution in [0.5, 0.6) is 0 Å². The second-order valence-electron chi connectivity index (χ2n) is 7.43. The van der Waals surface area contributed by atoms with E-state index in [1.54, 1.807) is 7.11 Å². The molecule has 1 amide bonds. The number of aryl methyl sites for hydroxylation is 2. The van der Waals surface area contributed by atoms with Crippen LogP contribution in [0.4, 0.5) is 0 Å². The number of carbonyl (C=O) groups is 1. The van der Waals surface area contributed by atoms with Gasteiger partial charge in [-0.15, -0.1) is 0 Å². The second kappa shape index (κ2) is 7.40. The highest BCUT2D eigenvalue weighted by Gasteiger charge is 2.41. The normalized spacial score (nSPS) is 23.2. The third kappa shape index (κ3) is 3.61. The zero-order chi connectivity index (χ0) is 19.0.